The second-order valence-electron chi connectivity index (χ2n) is 4.91. The standard InChI is InChI=1S/C13H21ClN4O/c1-3-18-13(19)12(14)11(9-16-18)17(2)10-5-4-7-15-8-6-10/h9-10,15H,3-8H2,1-2H3. The van der Waals surface area contributed by atoms with Crippen molar-refractivity contribution in [3.05, 3.63) is 21.6 Å². The number of aryl methyl sites for hydroxylation is 1. The summed E-state index contributed by atoms with van der Waals surface area (Å²) in [4.78, 5) is 14.1. The lowest BCUT2D eigenvalue weighted by Gasteiger charge is -2.29. The van der Waals surface area contributed by atoms with Crippen molar-refractivity contribution >= 4 is 17.3 Å². The van der Waals surface area contributed by atoms with Crippen LogP contribution in [0.15, 0.2) is 11.0 Å². The highest BCUT2D eigenvalue weighted by Gasteiger charge is 2.20. The minimum atomic E-state index is -0.208. The Morgan fingerprint density at radius 3 is 3.05 bits per heavy atom. The van der Waals surface area contributed by atoms with Crippen LogP contribution < -0.4 is 15.8 Å². The fraction of sp³-hybridized carbons (Fsp3) is 0.692. The first-order valence-corrected chi connectivity index (χ1v) is 7.22. The van der Waals surface area contributed by atoms with Crippen LogP contribution >= 0.6 is 11.6 Å². The topological polar surface area (TPSA) is 50.2 Å². The number of anilines is 1. The number of halogens is 1. The maximum atomic E-state index is 12.0. The molecule has 1 aliphatic heterocycles. The number of aromatic nitrogens is 2. The van der Waals surface area contributed by atoms with Gasteiger partial charge < -0.3 is 10.2 Å². The van der Waals surface area contributed by atoms with Crippen LogP contribution in [0.1, 0.15) is 26.2 Å². The van der Waals surface area contributed by atoms with Gasteiger partial charge in [0, 0.05) is 19.6 Å². The van der Waals surface area contributed by atoms with Gasteiger partial charge in [-0.2, -0.15) is 5.10 Å². The van der Waals surface area contributed by atoms with Gasteiger partial charge in [0.15, 0.2) is 0 Å². The van der Waals surface area contributed by atoms with Gasteiger partial charge in [0.25, 0.3) is 5.56 Å². The molecule has 0 saturated carbocycles. The summed E-state index contributed by atoms with van der Waals surface area (Å²) in [5.74, 6) is 0. The van der Waals surface area contributed by atoms with Crippen molar-refractivity contribution in [2.24, 2.45) is 0 Å². The second-order valence-corrected chi connectivity index (χ2v) is 5.29. The Hall–Kier alpha value is -1.07. The molecule has 1 aromatic heterocycles. The van der Waals surface area contributed by atoms with Gasteiger partial charge >= 0.3 is 0 Å². The maximum absolute atomic E-state index is 12.0. The van der Waals surface area contributed by atoms with Crippen LogP contribution in [0, 0.1) is 0 Å². The summed E-state index contributed by atoms with van der Waals surface area (Å²) in [6.07, 6.45) is 5.01. The molecule has 1 aromatic rings. The van der Waals surface area contributed by atoms with Gasteiger partial charge in [0.05, 0.1) is 11.9 Å². The van der Waals surface area contributed by atoms with E-state index >= 15 is 0 Å². The third-order valence-electron chi connectivity index (χ3n) is 3.74. The molecular weight excluding hydrogens is 264 g/mol. The minimum absolute atomic E-state index is 0.208. The summed E-state index contributed by atoms with van der Waals surface area (Å²) in [7, 11) is 1.99. The molecule has 1 atom stereocenters. The third kappa shape index (κ3) is 3.09. The maximum Gasteiger partial charge on any atom is 0.287 e. The average molecular weight is 285 g/mol. The van der Waals surface area contributed by atoms with Gasteiger partial charge in [0.1, 0.15) is 5.02 Å². The quantitative estimate of drug-likeness (QED) is 0.914. The summed E-state index contributed by atoms with van der Waals surface area (Å²) in [6.45, 7) is 4.49. The lowest BCUT2D eigenvalue weighted by Crippen LogP contribution is -2.35. The molecular formula is C13H21ClN4O. The SMILES string of the molecule is CCn1ncc(N(C)C2CCCNCC2)c(Cl)c1=O. The summed E-state index contributed by atoms with van der Waals surface area (Å²) >= 11 is 6.20. The zero-order chi connectivity index (χ0) is 13.8. The van der Waals surface area contributed by atoms with E-state index in [4.69, 9.17) is 11.6 Å². The van der Waals surface area contributed by atoms with Gasteiger partial charge in [-0.25, -0.2) is 4.68 Å². The van der Waals surface area contributed by atoms with Gasteiger partial charge in [-0.05, 0) is 39.3 Å². The molecule has 1 fully saturated rings. The highest BCUT2D eigenvalue weighted by Crippen LogP contribution is 2.24. The van der Waals surface area contributed by atoms with E-state index in [2.05, 4.69) is 15.3 Å². The molecule has 2 heterocycles. The number of nitrogens with zero attached hydrogens (tertiary/aromatic N) is 3. The molecule has 2 rings (SSSR count). The van der Waals surface area contributed by atoms with E-state index in [1.54, 1.807) is 6.20 Å². The van der Waals surface area contributed by atoms with Gasteiger partial charge in [-0.15, -0.1) is 0 Å². The Morgan fingerprint density at radius 2 is 2.32 bits per heavy atom. The Balaban J connectivity index is 2.25. The number of hydrogen-bond donors (Lipinski definition) is 1. The highest BCUT2D eigenvalue weighted by atomic mass is 35.5. The fourth-order valence-electron chi connectivity index (χ4n) is 2.51. The first-order chi connectivity index (χ1) is 9.15. The monoisotopic (exact) mass is 284 g/mol. The van der Waals surface area contributed by atoms with E-state index in [-0.39, 0.29) is 10.6 Å². The molecule has 1 unspecified atom stereocenters. The minimum Gasteiger partial charge on any atom is -0.369 e. The van der Waals surface area contributed by atoms with Crippen LogP contribution in [0.4, 0.5) is 5.69 Å². The average Bonchev–Trinajstić information content (AvgIpc) is 2.70. The molecule has 1 saturated heterocycles. The van der Waals surface area contributed by atoms with Crippen molar-refractivity contribution < 1.29 is 0 Å². The highest BCUT2D eigenvalue weighted by molar-refractivity contribution is 6.33. The van der Waals surface area contributed by atoms with E-state index in [0.29, 0.717) is 12.6 Å². The molecule has 0 spiro atoms. The van der Waals surface area contributed by atoms with Crippen molar-refractivity contribution in [3.8, 4) is 0 Å². The number of nitrogens with one attached hydrogen (secondary N) is 1. The van der Waals surface area contributed by atoms with Crippen molar-refractivity contribution in [1.82, 2.24) is 15.1 Å². The zero-order valence-electron chi connectivity index (χ0n) is 11.5. The van der Waals surface area contributed by atoms with Crippen molar-refractivity contribution in [2.45, 2.75) is 38.8 Å². The van der Waals surface area contributed by atoms with E-state index < -0.39 is 0 Å². The fourth-order valence-corrected chi connectivity index (χ4v) is 2.79. The normalized spacial score (nSPS) is 20.1. The molecule has 1 N–H and O–H groups in total. The van der Waals surface area contributed by atoms with Crippen LogP contribution in [0.3, 0.4) is 0 Å². The van der Waals surface area contributed by atoms with Crippen molar-refractivity contribution in [2.75, 3.05) is 25.0 Å². The molecule has 5 nitrogen and oxygen atoms in total. The molecule has 106 valence electrons. The van der Waals surface area contributed by atoms with E-state index in [1.165, 1.54) is 4.68 Å². The lowest BCUT2D eigenvalue weighted by atomic mass is 10.1. The molecule has 0 aliphatic carbocycles. The van der Waals surface area contributed by atoms with Crippen LogP contribution in [-0.4, -0.2) is 36.0 Å². The molecule has 0 bridgehead atoms. The first-order valence-electron chi connectivity index (χ1n) is 6.84. The van der Waals surface area contributed by atoms with Gasteiger partial charge in [0.2, 0.25) is 0 Å². The Labute approximate surface area is 118 Å². The molecule has 6 heteroatoms. The predicted molar refractivity (Wildman–Crippen MR) is 78.1 cm³/mol. The molecule has 0 amide bonds. The van der Waals surface area contributed by atoms with Gasteiger partial charge in [-0.1, -0.05) is 11.6 Å². The van der Waals surface area contributed by atoms with Gasteiger partial charge in [-0.3, -0.25) is 4.79 Å². The summed E-state index contributed by atoms with van der Waals surface area (Å²) in [5.41, 5.74) is 0.531. The van der Waals surface area contributed by atoms with Crippen LogP contribution in [0.2, 0.25) is 5.02 Å². The largest absolute Gasteiger partial charge is 0.369 e. The van der Waals surface area contributed by atoms with Crippen molar-refractivity contribution in [1.29, 1.82) is 0 Å². The molecule has 19 heavy (non-hydrogen) atoms. The third-order valence-corrected chi connectivity index (χ3v) is 4.09. The number of hydrogen-bond acceptors (Lipinski definition) is 4. The Bertz CT molecular complexity index is 480. The van der Waals surface area contributed by atoms with Crippen LogP contribution in [0.25, 0.3) is 0 Å². The first kappa shape index (κ1) is 14.3. The van der Waals surface area contributed by atoms with Crippen LogP contribution in [-0.2, 0) is 6.54 Å². The van der Waals surface area contributed by atoms with Crippen molar-refractivity contribution in [3.63, 3.8) is 0 Å². The Kier molecular flexibility index (Phi) is 4.82. The van der Waals surface area contributed by atoms with E-state index in [0.717, 1.165) is 38.0 Å². The number of rotatable bonds is 3. The zero-order valence-corrected chi connectivity index (χ0v) is 12.3. The van der Waals surface area contributed by atoms with Crippen LogP contribution in [0.5, 0.6) is 0 Å². The second kappa shape index (κ2) is 6.39. The molecule has 0 radical (unpaired) electrons. The van der Waals surface area contributed by atoms with E-state index in [9.17, 15) is 4.79 Å². The summed E-state index contributed by atoms with van der Waals surface area (Å²) in [6, 6.07) is 0.408. The summed E-state index contributed by atoms with van der Waals surface area (Å²) < 4.78 is 1.38. The van der Waals surface area contributed by atoms with E-state index in [1.807, 2.05) is 14.0 Å². The lowest BCUT2D eigenvalue weighted by molar-refractivity contribution is 0.560. The Morgan fingerprint density at radius 1 is 1.53 bits per heavy atom. The smallest absolute Gasteiger partial charge is 0.287 e. The predicted octanol–water partition coefficient (Wildman–Crippen LogP) is 1.49. The molecule has 1 aliphatic rings. The summed E-state index contributed by atoms with van der Waals surface area (Å²) in [5, 5.41) is 7.82. The molecule has 0 aromatic carbocycles.